The molecule has 17 heavy (non-hydrogen) atoms. The normalized spacial score (nSPS) is 11.4. The van der Waals surface area contributed by atoms with Gasteiger partial charge in [0, 0.05) is 10.7 Å². The van der Waals surface area contributed by atoms with Crippen molar-refractivity contribution >= 4 is 43.1 Å². The van der Waals surface area contributed by atoms with Gasteiger partial charge in [0.15, 0.2) is 4.21 Å². The van der Waals surface area contributed by atoms with Crippen LogP contribution in [0.15, 0.2) is 38.5 Å². The van der Waals surface area contributed by atoms with Gasteiger partial charge in [-0.3, -0.25) is 4.72 Å². The first-order valence-electron chi connectivity index (χ1n) is 4.68. The summed E-state index contributed by atoms with van der Waals surface area (Å²) in [6.45, 7) is 1.80. The van der Waals surface area contributed by atoms with Crippen molar-refractivity contribution in [2.75, 3.05) is 4.72 Å². The van der Waals surface area contributed by atoms with E-state index >= 15 is 0 Å². The molecular formula is C10H9BrN2O2S2. The van der Waals surface area contributed by atoms with Gasteiger partial charge in [0.05, 0.1) is 0 Å². The number of anilines is 1. The Hall–Kier alpha value is -0.920. The van der Waals surface area contributed by atoms with Crippen molar-refractivity contribution in [3.05, 3.63) is 39.8 Å². The number of halogens is 1. The monoisotopic (exact) mass is 332 g/mol. The van der Waals surface area contributed by atoms with Crippen LogP contribution in [0.4, 0.5) is 5.82 Å². The summed E-state index contributed by atoms with van der Waals surface area (Å²) in [4.78, 5) is 4.00. The lowest BCUT2D eigenvalue weighted by molar-refractivity contribution is 0.602. The Kier molecular flexibility index (Phi) is 3.50. The molecule has 2 aromatic heterocycles. The third kappa shape index (κ3) is 2.67. The number of rotatable bonds is 3. The van der Waals surface area contributed by atoms with Gasteiger partial charge in [-0.15, -0.1) is 11.3 Å². The Morgan fingerprint density at radius 3 is 2.76 bits per heavy atom. The minimum Gasteiger partial charge on any atom is -0.262 e. The first kappa shape index (κ1) is 12.5. The van der Waals surface area contributed by atoms with Crippen LogP contribution in [0.25, 0.3) is 0 Å². The number of pyridine rings is 1. The Bertz CT molecular complexity index is 637. The van der Waals surface area contributed by atoms with Crippen molar-refractivity contribution in [3.63, 3.8) is 0 Å². The van der Waals surface area contributed by atoms with Crippen molar-refractivity contribution < 1.29 is 8.42 Å². The van der Waals surface area contributed by atoms with Gasteiger partial charge < -0.3 is 0 Å². The zero-order valence-corrected chi connectivity index (χ0v) is 12.1. The lowest BCUT2D eigenvalue weighted by Crippen LogP contribution is -2.13. The lowest BCUT2D eigenvalue weighted by atomic mass is 10.3. The number of thiophene rings is 1. The van der Waals surface area contributed by atoms with Crippen LogP contribution in [0.2, 0.25) is 0 Å². The topological polar surface area (TPSA) is 59.1 Å². The van der Waals surface area contributed by atoms with Crippen molar-refractivity contribution in [2.45, 2.75) is 11.1 Å². The van der Waals surface area contributed by atoms with Gasteiger partial charge in [0.2, 0.25) is 0 Å². The molecule has 0 atom stereocenters. The van der Waals surface area contributed by atoms with E-state index in [9.17, 15) is 8.42 Å². The molecule has 0 saturated heterocycles. The van der Waals surface area contributed by atoms with E-state index in [1.165, 1.54) is 0 Å². The Balaban J connectivity index is 2.37. The van der Waals surface area contributed by atoms with E-state index in [1.54, 1.807) is 36.7 Å². The summed E-state index contributed by atoms with van der Waals surface area (Å²) in [5.74, 6) is 0.354. The van der Waals surface area contributed by atoms with Gasteiger partial charge in [0.1, 0.15) is 5.82 Å². The predicted molar refractivity (Wildman–Crippen MR) is 71.8 cm³/mol. The summed E-state index contributed by atoms with van der Waals surface area (Å²) in [5, 5.41) is 1.71. The molecule has 1 N–H and O–H groups in total. The highest BCUT2D eigenvalue weighted by Crippen LogP contribution is 2.29. The molecule has 2 heterocycles. The molecule has 90 valence electrons. The third-order valence-electron chi connectivity index (χ3n) is 2.07. The van der Waals surface area contributed by atoms with Gasteiger partial charge in [-0.2, -0.15) is 0 Å². The number of aryl methyl sites for hydroxylation is 1. The highest BCUT2D eigenvalue weighted by molar-refractivity contribution is 9.10. The average Bonchev–Trinajstić information content (AvgIpc) is 2.68. The Morgan fingerprint density at radius 2 is 2.18 bits per heavy atom. The van der Waals surface area contributed by atoms with Crippen molar-refractivity contribution in [3.8, 4) is 0 Å². The van der Waals surface area contributed by atoms with Crippen LogP contribution in [0.3, 0.4) is 0 Å². The second-order valence-electron chi connectivity index (χ2n) is 3.33. The summed E-state index contributed by atoms with van der Waals surface area (Å²) in [5.41, 5.74) is 0.781. The standard InChI is InChI=1S/C10H9BrN2O2S2/c1-7-3-2-5-12-9(7)13-17(14,15)10-8(11)4-6-16-10/h2-6H,1H3,(H,12,13). The minimum atomic E-state index is -3.56. The predicted octanol–water partition coefficient (Wildman–Crippen LogP) is 3.01. The summed E-state index contributed by atoms with van der Waals surface area (Å²) in [6, 6.07) is 5.26. The first-order chi connectivity index (χ1) is 8.00. The molecule has 0 fully saturated rings. The van der Waals surface area contributed by atoms with Gasteiger partial charge in [0.25, 0.3) is 10.0 Å². The minimum absolute atomic E-state index is 0.252. The maximum Gasteiger partial charge on any atom is 0.273 e. The quantitative estimate of drug-likeness (QED) is 0.939. The average molecular weight is 333 g/mol. The number of nitrogens with zero attached hydrogens (tertiary/aromatic N) is 1. The fraction of sp³-hybridized carbons (Fsp3) is 0.100. The van der Waals surface area contributed by atoms with E-state index in [4.69, 9.17) is 0 Å². The largest absolute Gasteiger partial charge is 0.273 e. The highest BCUT2D eigenvalue weighted by atomic mass is 79.9. The summed E-state index contributed by atoms with van der Waals surface area (Å²) in [7, 11) is -3.56. The van der Waals surface area contributed by atoms with Crippen LogP contribution in [-0.4, -0.2) is 13.4 Å². The number of hydrogen-bond acceptors (Lipinski definition) is 4. The molecule has 4 nitrogen and oxygen atoms in total. The molecule has 0 aliphatic rings. The number of hydrogen-bond donors (Lipinski definition) is 1. The molecule has 7 heteroatoms. The zero-order chi connectivity index (χ0) is 12.5. The second-order valence-corrected chi connectivity index (χ2v) is 6.98. The highest BCUT2D eigenvalue weighted by Gasteiger charge is 2.20. The van der Waals surface area contributed by atoms with E-state index in [0.717, 1.165) is 16.9 Å². The van der Waals surface area contributed by atoms with Gasteiger partial charge in [-0.1, -0.05) is 6.07 Å². The molecule has 0 aromatic carbocycles. The molecule has 0 spiro atoms. The van der Waals surface area contributed by atoms with Crippen molar-refractivity contribution in [1.29, 1.82) is 0 Å². The fourth-order valence-electron chi connectivity index (χ4n) is 1.24. The SMILES string of the molecule is Cc1cccnc1NS(=O)(=O)c1sccc1Br. The fourth-order valence-corrected chi connectivity index (χ4v) is 4.66. The van der Waals surface area contributed by atoms with Crippen LogP contribution < -0.4 is 4.72 Å². The number of nitrogens with one attached hydrogen (secondary N) is 1. The molecule has 0 amide bonds. The van der Waals surface area contributed by atoms with Gasteiger partial charge in [-0.05, 0) is 45.9 Å². The molecule has 0 bridgehead atoms. The summed E-state index contributed by atoms with van der Waals surface area (Å²) >= 11 is 4.36. The summed E-state index contributed by atoms with van der Waals surface area (Å²) < 4.78 is 27.4. The molecule has 2 aromatic rings. The van der Waals surface area contributed by atoms with Gasteiger partial charge in [-0.25, -0.2) is 13.4 Å². The molecule has 0 unspecified atom stereocenters. The zero-order valence-electron chi connectivity index (χ0n) is 8.84. The Labute approximate surface area is 112 Å². The van der Waals surface area contributed by atoms with Crippen LogP contribution in [0, 0.1) is 6.92 Å². The van der Waals surface area contributed by atoms with Crippen molar-refractivity contribution in [2.24, 2.45) is 0 Å². The molecule has 0 aliphatic heterocycles. The summed E-state index contributed by atoms with van der Waals surface area (Å²) in [6.07, 6.45) is 1.55. The van der Waals surface area contributed by atoms with E-state index in [0.29, 0.717) is 10.3 Å². The lowest BCUT2D eigenvalue weighted by Gasteiger charge is -2.07. The number of sulfonamides is 1. The van der Waals surface area contributed by atoms with E-state index in [-0.39, 0.29) is 4.21 Å². The smallest absolute Gasteiger partial charge is 0.262 e. The van der Waals surface area contributed by atoms with E-state index < -0.39 is 10.0 Å². The molecular weight excluding hydrogens is 324 g/mol. The van der Waals surface area contributed by atoms with Crippen LogP contribution in [0.1, 0.15) is 5.56 Å². The Morgan fingerprint density at radius 1 is 1.41 bits per heavy atom. The van der Waals surface area contributed by atoms with Gasteiger partial charge >= 0.3 is 0 Å². The van der Waals surface area contributed by atoms with Crippen LogP contribution in [0.5, 0.6) is 0 Å². The molecule has 2 rings (SSSR count). The van der Waals surface area contributed by atoms with E-state index in [2.05, 4.69) is 25.6 Å². The first-order valence-corrected chi connectivity index (χ1v) is 7.84. The molecule has 0 aliphatic carbocycles. The maximum absolute atomic E-state index is 12.1. The van der Waals surface area contributed by atoms with Crippen LogP contribution in [-0.2, 0) is 10.0 Å². The van der Waals surface area contributed by atoms with E-state index in [1.807, 2.05) is 0 Å². The third-order valence-corrected chi connectivity index (χ3v) is 6.08. The number of aromatic nitrogens is 1. The molecule has 0 saturated carbocycles. The second kappa shape index (κ2) is 4.75. The van der Waals surface area contributed by atoms with Crippen LogP contribution >= 0.6 is 27.3 Å². The maximum atomic E-state index is 12.1. The molecule has 0 radical (unpaired) electrons. The van der Waals surface area contributed by atoms with Crippen molar-refractivity contribution in [1.82, 2.24) is 4.98 Å².